The highest BCUT2D eigenvalue weighted by Crippen LogP contribution is 2.27. The molecule has 0 atom stereocenters. The molecule has 0 radical (unpaired) electrons. The molecule has 2 heterocycles. The number of rotatable bonds is 3. The number of hydrogen-bond acceptors (Lipinski definition) is 2. The molecule has 3 aromatic rings. The molecule has 0 amide bonds. The third kappa shape index (κ3) is 3.75. The highest BCUT2D eigenvalue weighted by molar-refractivity contribution is 14.0. The SMILES string of the molecule is CN=C(NCc1cnn(-c2ccccc2)c1)N1CCc2ccccc21.I. The van der Waals surface area contributed by atoms with Crippen LogP contribution in [0.25, 0.3) is 5.69 Å². The maximum Gasteiger partial charge on any atom is 0.198 e. The molecule has 6 heteroatoms. The first kappa shape index (κ1) is 18.4. The van der Waals surface area contributed by atoms with Crippen molar-refractivity contribution in [1.29, 1.82) is 0 Å². The first-order valence-corrected chi connectivity index (χ1v) is 8.50. The fraction of sp³-hybridized carbons (Fsp3) is 0.200. The van der Waals surface area contributed by atoms with Crippen LogP contribution in [-0.2, 0) is 13.0 Å². The average Bonchev–Trinajstić information content (AvgIpc) is 3.31. The number of anilines is 1. The molecule has 1 aliphatic heterocycles. The smallest absolute Gasteiger partial charge is 0.198 e. The van der Waals surface area contributed by atoms with E-state index in [1.165, 1.54) is 11.3 Å². The van der Waals surface area contributed by atoms with E-state index in [4.69, 9.17) is 0 Å². The van der Waals surface area contributed by atoms with Crippen molar-refractivity contribution in [2.45, 2.75) is 13.0 Å². The topological polar surface area (TPSA) is 45.5 Å². The number of aromatic nitrogens is 2. The predicted octanol–water partition coefficient (Wildman–Crippen LogP) is 3.63. The minimum absolute atomic E-state index is 0. The molecule has 0 saturated heterocycles. The van der Waals surface area contributed by atoms with Gasteiger partial charge in [0.1, 0.15) is 0 Å². The minimum Gasteiger partial charge on any atom is -0.352 e. The molecule has 0 aliphatic carbocycles. The van der Waals surface area contributed by atoms with E-state index in [0.717, 1.165) is 30.2 Å². The molecule has 26 heavy (non-hydrogen) atoms. The van der Waals surface area contributed by atoms with Gasteiger partial charge in [-0.2, -0.15) is 5.10 Å². The van der Waals surface area contributed by atoms with Gasteiger partial charge in [0.25, 0.3) is 0 Å². The summed E-state index contributed by atoms with van der Waals surface area (Å²) in [4.78, 5) is 6.70. The van der Waals surface area contributed by atoms with Crippen LogP contribution in [0.5, 0.6) is 0 Å². The fourth-order valence-electron chi connectivity index (χ4n) is 3.21. The van der Waals surface area contributed by atoms with Crippen LogP contribution in [-0.4, -0.2) is 29.3 Å². The Kier molecular flexibility index (Phi) is 5.92. The second-order valence-corrected chi connectivity index (χ2v) is 6.06. The minimum atomic E-state index is 0. The van der Waals surface area contributed by atoms with Gasteiger partial charge in [0.2, 0.25) is 0 Å². The second kappa shape index (κ2) is 8.35. The number of nitrogens with one attached hydrogen (secondary N) is 1. The summed E-state index contributed by atoms with van der Waals surface area (Å²) in [7, 11) is 1.83. The Morgan fingerprint density at radius 2 is 1.88 bits per heavy atom. The third-order valence-electron chi connectivity index (χ3n) is 4.46. The number of para-hydroxylation sites is 2. The zero-order valence-electron chi connectivity index (χ0n) is 14.7. The van der Waals surface area contributed by atoms with Crippen molar-refractivity contribution in [2.75, 3.05) is 18.5 Å². The van der Waals surface area contributed by atoms with E-state index < -0.39 is 0 Å². The summed E-state index contributed by atoms with van der Waals surface area (Å²) in [6.45, 7) is 1.65. The van der Waals surface area contributed by atoms with Gasteiger partial charge in [-0.25, -0.2) is 4.68 Å². The molecule has 1 N–H and O–H groups in total. The van der Waals surface area contributed by atoms with Crippen LogP contribution in [0.3, 0.4) is 0 Å². The Morgan fingerprint density at radius 1 is 1.12 bits per heavy atom. The molecule has 1 aliphatic rings. The van der Waals surface area contributed by atoms with Gasteiger partial charge in [0, 0.05) is 37.6 Å². The summed E-state index contributed by atoms with van der Waals surface area (Å²) in [6.07, 6.45) is 5.00. The Bertz CT molecular complexity index is 888. The lowest BCUT2D eigenvalue weighted by Gasteiger charge is -2.22. The van der Waals surface area contributed by atoms with Crippen LogP contribution in [0.15, 0.2) is 72.0 Å². The van der Waals surface area contributed by atoms with E-state index in [2.05, 4.69) is 44.6 Å². The molecule has 1 aromatic heterocycles. The number of guanidine groups is 1. The van der Waals surface area contributed by atoms with Crippen molar-refractivity contribution in [1.82, 2.24) is 15.1 Å². The lowest BCUT2D eigenvalue weighted by molar-refractivity contribution is 0.861. The van der Waals surface area contributed by atoms with Gasteiger partial charge in [-0.1, -0.05) is 36.4 Å². The number of hydrogen-bond donors (Lipinski definition) is 1. The lowest BCUT2D eigenvalue weighted by Crippen LogP contribution is -2.40. The molecule has 5 nitrogen and oxygen atoms in total. The third-order valence-corrected chi connectivity index (χ3v) is 4.46. The number of aliphatic imine (C=N–C) groups is 1. The highest BCUT2D eigenvalue weighted by Gasteiger charge is 2.22. The van der Waals surface area contributed by atoms with E-state index in [0.29, 0.717) is 6.54 Å². The van der Waals surface area contributed by atoms with Gasteiger partial charge in [0.05, 0.1) is 11.9 Å². The molecular weight excluding hydrogens is 437 g/mol. The van der Waals surface area contributed by atoms with Crippen molar-refractivity contribution < 1.29 is 0 Å². The van der Waals surface area contributed by atoms with Gasteiger partial charge in [0.15, 0.2) is 5.96 Å². The van der Waals surface area contributed by atoms with Gasteiger partial charge in [-0.05, 0) is 30.2 Å². The normalized spacial score (nSPS) is 13.3. The average molecular weight is 459 g/mol. The van der Waals surface area contributed by atoms with Crippen LogP contribution in [0.2, 0.25) is 0 Å². The maximum atomic E-state index is 4.45. The molecule has 2 aromatic carbocycles. The van der Waals surface area contributed by atoms with Gasteiger partial charge in [-0.3, -0.25) is 4.99 Å². The van der Waals surface area contributed by atoms with Crippen molar-refractivity contribution >= 4 is 35.6 Å². The molecule has 0 bridgehead atoms. The van der Waals surface area contributed by atoms with E-state index in [9.17, 15) is 0 Å². The summed E-state index contributed by atoms with van der Waals surface area (Å²) >= 11 is 0. The molecule has 134 valence electrons. The van der Waals surface area contributed by atoms with E-state index >= 15 is 0 Å². The molecule has 0 fully saturated rings. The van der Waals surface area contributed by atoms with Crippen LogP contribution in [0.1, 0.15) is 11.1 Å². The van der Waals surface area contributed by atoms with Crippen molar-refractivity contribution in [3.05, 3.63) is 78.1 Å². The molecular formula is C20H22IN5. The Morgan fingerprint density at radius 3 is 2.69 bits per heavy atom. The fourth-order valence-corrected chi connectivity index (χ4v) is 3.21. The van der Waals surface area contributed by atoms with E-state index in [-0.39, 0.29) is 24.0 Å². The molecule has 4 rings (SSSR count). The first-order chi connectivity index (χ1) is 12.3. The second-order valence-electron chi connectivity index (χ2n) is 6.06. The van der Waals surface area contributed by atoms with Crippen molar-refractivity contribution in [3.8, 4) is 5.69 Å². The van der Waals surface area contributed by atoms with Gasteiger partial charge in [-0.15, -0.1) is 24.0 Å². The molecule has 0 saturated carbocycles. The van der Waals surface area contributed by atoms with E-state index in [1.54, 1.807) is 0 Å². The largest absolute Gasteiger partial charge is 0.352 e. The van der Waals surface area contributed by atoms with Crippen LogP contribution in [0.4, 0.5) is 5.69 Å². The predicted molar refractivity (Wildman–Crippen MR) is 117 cm³/mol. The Labute approximate surface area is 170 Å². The van der Waals surface area contributed by atoms with Crippen LogP contribution in [0, 0.1) is 0 Å². The maximum absolute atomic E-state index is 4.45. The number of fused-ring (bicyclic) bond motifs is 1. The summed E-state index contributed by atoms with van der Waals surface area (Å²) in [5, 5.41) is 7.90. The Hall–Kier alpha value is -2.35. The quantitative estimate of drug-likeness (QED) is 0.370. The summed E-state index contributed by atoms with van der Waals surface area (Å²) in [5.74, 6) is 0.900. The van der Waals surface area contributed by atoms with Crippen molar-refractivity contribution in [2.24, 2.45) is 4.99 Å². The lowest BCUT2D eigenvalue weighted by atomic mass is 10.2. The van der Waals surface area contributed by atoms with Gasteiger partial charge >= 0.3 is 0 Å². The van der Waals surface area contributed by atoms with Crippen LogP contribution < -0.4 is 10.2 Å². The zero-order valence-corrected chi connectivity index (χ0v) is 17.0. The van der Waals surface area contributed by atoms with Gasteiger partial charge < -0.3 is 10.2 Å². The number of nitrogens with zero attached hydrogens (tertiary/aromatic N) is 4. The highest BCUT2D eigenvalue weighted by atomic mass is 127. The van der Waals surface area contributed by atoms with Crippen LogP contribution >= 0.6 is 24.0 Å². The molecule has 0 unspecified atom stereocenters. The first-order valence-electron chi connectivity index (χ1n) is 8.50. The number of halogens is 1. The summed E-state index contributed by atoms with van der Waals surface area (Å²) in [5.41, 5.74) is 4.81. The molecule has 0 spiro atoms. The van der Waals surface area contributed by atoms with E-state index in [1.807, 2.05) is 54.5 Å². The zero-order chi connectivity index (χ0) is 17.1. The Balaban J connectivity index is 0.00000196. The summed E-state index contributed by atoms with van der Waals surface area (Å²) in [6, 6.07) is 18.6. The summed E-state index contributed by atoms with van der Waals surface area (Å²) < 4.78 is 1.89. The van der Waals surface area contributed by atoms with Crippen molar-refractivity contribution in [3.63, 3.8) is 0 Å². The standard InChI is InChI=1S/C20H21N5.HI/c1-21-20(24-12-11-17-7-5-6-10-19(17)24)22-13-16-14-23-25(15-16)18-8-3-2-4-9-18;/h2-10,14-15H,11-13H2,1H3,(H,21,22);1H. The number of benzene rings is 2. The monoisotopic (exact) mass is 459 g/mol.